The summed E-state index contributed by atoms with van der Waals surface area (Å²) < 4.78 is 5.83. The van der Waals surface area contributed by atoms with E-state index in [1.165, 1.54) is 0 Å². The van der Waals surface area contributed by atoms with E-state index in [2.05, 4.69) is 17.9 Å². The summed E-state index contributed by atoms with van der Waals surface area (Å²) in [7, 11) is 0. The predicted molar refractivity (Wildman–Crippen MR) is 72.6 cm³/mol. The fourth-order valence-electron chi connectivity index (χ4n) is 2.42. The van der Waals surface area contributed by atoms with Crippen molar-refractivity contribution in [3.05, 3.63) is 29.8 Å². The first-order chi connectivity index (χ1) is 8.85. The van der Waals surface area contributed by atoms with E-state index in [9.17, 15) is 0 Å². The molecule has 1 heterocycles. The van der Waals surface area contributed by atoms with E-state index in [0.717, 1.165) is 50.2 Å². The van der Waals surface area contributed by atoms with Crippen LogP contribution in [-0.4, -0.2) is 25.8 Å². The molecule has 1 aromatic carbocycles. The van der Waals surface area contributed by atoms with Gasteiger partial charge in [0.1, 0.15) is 6.07 Å². The average Bonchev–Trinajstić information content (AvgIpc) is 2.45. The average molecular weight is 244 g/mol. The molecule has 3 heteroatoms. The molecular weight excluding hydrogens is 224 g/mol. The van der Waals surface area contributed by atoms with Crippen LogP contribution in [0, 0.1) is 11.3 Å². The molecule has 1 fully saturated rings. The Morgan fingerprint density at radius 3 is 3.06 bits per heavy atom. The summed E-state index contributed by atoms with van der Waals surface area (Å²) in [6, 6.07) is 10.1. The molecule has 1 aliphatic heterocycles. The minimum absolute atomic E-state index is 0.311. The number of benzene rings is 1. The molecule has 0 saturated carbocycles. The van der Waals surface area contributed by atoms with E-state index in [-0.39, 0.29) is 0 Å². The lowest BCUT2D eigenvalue weighted by atomic mass is 10.1. The highest BCUT2D eigenvalue weighted by Gasteiger charge is 2.21. The van der Waals surface area contributed by atoms with Crippen LogP contribution < -0.4 is 4.90 Å². The Morgan fingerprint density at radius 1 is 1.44 bits per heavy atom. The summed E-state index contributed by atoms with van der Waals surface area (Å²) in [4.78, 5) is 2.28. The molecule has 0 aliphatic carbocycles. The number of hydrogen-bond donors (Lipinski definition) is 0. The maximum Gasteiger partial charge on any atom is 0.101 e. The van der Waals surface area contributed by atoms with Crippen molar-refractivity contribution >= 4 is 5.69 Å². The number of nitriles is 1. The van der Waals surface area contributed by atoms with Gasteiger partial charge in [-0.3, -0.25) is 0 Å². The third-order valence-electron chi connectivity index (χ3n) is 3.30. The molecule has 0 radical (unpaired) electrons. The lowest BCUT2D eigenvalue weighted by Gasteiger charge is -2.34. The van der Waals surface area contributed by atoms with Crippen molar-refractivity contribution in [1.82, 2.24) is 0 Å². The van der Waals surface area contributed by atoms with Gasteiger partial charge in [-0.05, 0) is 31.4 Å². The minimum Gasteiger partial charge on any atom is -0.376 e. The largest absolute Gasteiger partial charge is 0.376 e. The predicted octanol–water partition coefficient (Wildman–Crippen LogP) is 2.95. The molecular formula is C15H20N2O. The number of rotatable bonds is 4. The summed E-state index contributed by atoms with van der Waals surface area (Å²) in [5, 5.41) is 9.15. The van der Waals surface area contributed by atoms with E-state index < -0.39 is 0 Å². The van der Waals surface area contributed by atoms with Crippen LogP contribution >= 0.6 is 0 Å². The molecule has 2 rings (SSSR count). The second kappa shape index (κ2) is 6.42. The lowest BCUT2D eigenvalue weighted by molar-refractivity contribution is 0.0440. The van der Waals surface area contributed by atoms with E-state index >= 15 is 0 Å². The van der Waals surface area contributed by atoms with Crippen molar-refractivity contribution in [2.45, 2.75) is 32.3 Å². The second-order valence-corrected chi connectivity index (χ2v) is 4.71. The van der Waals surface area contributed by atoms with Gasteiger partial charge in [-0.1, -0.05) is 19.1 Å². The number of para-hydroxylation sites is 1. The molecule has 0 aromatic heterocycles. The van der Waals surface area contributed by atoms with Crippen molar-refractivity contribution in [3.8, 4) is 6.07 Å². The van der Waals surface area contributed by atoms with Crippen LogP contribution in [-0.2, 0) is 4.74 Å². The van der Waals surface area contributed by atoms with Gasteiger partial charge >= 0.3 is 0 Å². The first-order valence-electron chi connectivity index (χ1n) is 6.71. The van der Waals surface area contributed by atoms with Crippen LogP contribution in [0.25, 0.3) is 0 Å². The third kappa shape index (κ3) is 3.02. The Labute approximate surface area is 109 Å². The second-order valence-electron chi connectivity index (χ2n) is 4.71. The lowest BCUT2D eigenvalue weighted by Crippen LogP contribution is -2.40. The molecule has 1 saturated heterocycles. The van der Waals surface area contributed by atoms with Crippen LogP contribution in [0.15, 0.2) is 24.3 Å². The zero-order valence-electron chi connectivity index (χ0n) is 10.9. The van der Waals surface area contributed by atoms with Gasteiger partial charge in [0, 0.05) is 19.7 Å². The van der Waals surface area contributed by atoms with Gasteiger partial charge in [-0.15, -0.1) is 0 Å². The summed E-state index contributed by atoms with van der Waals surface area (Å²) in [5.74, 6) is 0. The Bertz CT molecular complexity index is 425. The van der Waals surface area contributed by atoms with Crippen molar-refractivity contribution in [2.24, 2.45) is 0 Å². The molecule has 0 amide bonds. The van der Waals surface area contributed by atoms with Gasteiger partial charge in [0.2, 0.25) is 0 Å². The molecule has 3 nitrogen and oxygen atoms in total. The number of ether oxygens (including phenoxy) is 1. The molecule has 96 valence electrons. The SMILES string of the molecule is CCCOC1CCCN(c2ccccc2C#N)C1. The van der Waals surface area contributed by atoms with Crippen molar-refractivity contribution in [3.63, 3.8) is 0 Å². The van der Waals surface area contributed by atoms with Gasteiger partial charge in [0.25, 0.3) is 0 Å². The normalized spacial score (nSPS) is 19.6. The van der Waals surface area contributed by atoms with Gasteiger partial charge in [-0.25, -0.2) is 0 Å². The van der Waals surface area contributed by atoms with E-state index in [4.69, 9.17) is 10.00 Å². The fourth-order valence-corrected chi connectivity index (χ4v) is 2.42. The highest BCUT2D eigenvalue weighted by atomic mass is 16.5. The molecule has 0 spiro atoms. The maximum atomic E-state index is 9.15. The summed E-state index contributed by atoms with van der Waals surface area (Å²) in [6.07, 6.45) is 3.63. The molecule has 0 bridgehead atoms. The van der Waals surface area contributed by atoms with Crippen molar-refractivity contribution < 1.29 is 4.74 Å². The Balaban J connectivity index is 2.06. The Kier molecular flexibility index (Phi) is 4.60. The van der Waals surface area contributed by atoms with Gasteiger partial charge < -0.3 is 9.64 Å². The van der Waals surface area contributed by atoms with Gasteiger partial charge in [0.05, 0.1) is 17.4 Å². The number of piperidine rings is 1. The first-order valence-corrected chi connectivity index (χ1v) is 6.71. The summed E-state index contributed by atoms with van der Waals surface area (Å²) in [6.45, 7) is 4.88. The Hall–Kier alpha value is -1.53. The topological polar surface area (TPSA) is 36.3 Å². The first kappa shape index (κ1) is 12.9. The molecule has 1 aliphatic rings. The number of anilines is 1. The zero-order valence-corrected chi connectivity index (χ0v) is 10.9. The minimum atomic E-state index is 0.311. The fraction of sp³-hybridized carbons (Fsp3) is 0.533. The van der Waals surface area contributed by atoms with Crippen molar-refractivity contribution in [1.29, 1.82) is 5.26 Å². The van der Waals surface area contributed by atoms with Crippen LogP contribution in [0.3, 0.4) is 0 Å². The third-order valence-corrected chi connectivity index (χ3v) is 3.30. The molecule has 1 atom stereocenters. The molecule has 1 aromatic rings. The number of nitrogens with zero attached hydrogens (tertiary/aromatic N) is 2. The van der Waals surface area contributed by atoms with Crippen LogP contribution in [0.5, 0.6) is 0 Å². The molecule has 1 unspecified atom stereocenters. The molecule has 0 N–H and O–H groups in total. The Morgan fingerprint density at radius 2 is 2.28 bits per heavy atom. The van der Waals surface area contributed by atoms with Crippen LogP contribution in [0.1, 0.15) is 31.7 Å². The van der Waals surface area contributed by atoms with Crippen LogP contribution in [0.4, 0.5) is 5.69 Å². The van der Waals surface area contributed by atoms with Crippen molar-refractivity contribution in [2.75, 3.05) is 24.6 Å². The monoisotopic (exact) mass is 244 g/mol. The maximum absolute atomic E-state index is 9.15. The standard InChI is InChI=1S/C15H20N2O/c1-2-10-18-14-7-5-9-17(12-14)15-8-4-3-6-13(15)11-16/h3-4,6,8,14H,2,5,7,9-10,12H2,1H3. The zero-order chi connectivity index (χ0) is 12.8. The molecule has 18 heavy (non-hydrogen) atoms. The smallest absolute Gasteiger partial charge is 0.101 e. The van der Waals surface area contributed by atoms with E-state index in [1.54, 1.807) is 0 Å². The van der Waals surface area contributed by atoms with Gasteiger partial charge in [-0.2, -0.15) is 5.26 Å². The summed E-state index contributed by atoms with van der Waals surface area (Å²) in [5.41, 5.74) is 1.80. The highest BCUT2D eigenvalue weighted by Crippen LogP contribution is 2.24. The van der Waals surface area contributed by atoms with E-state index in [1.807, 2.05) is 24.3 Å². The highest BCUT2D eigenvalue weighted by molar-refractivity contribution is 5.59. The van der Waals surface area contributed by atoms with Gasteiger partial charge in [0.15, 0.2) is 0 Å². The summed E-state index contributed by atoms with van der Waals surface area (Å²) >= 11 is 0. The van der Waals surface area contributed by atoms with E-state index in [0.29, 0.717) is 6.10 Å². The number of hydrogen-bond acceptors (Lipinski definition) is 3. The quantitative estimate of drug-likeness (QED) is 0.817. The van der Waals surface area contributed by atoms with Crippen LogP contribution in [0.2, 0.25) is 0 Å².